The molecular formula is C49H71N7O9S. The molecule has 0 radical (unpaired) electrons. The Morgan fingerprint density at radius 3 is 2.26 bits per heavy atom. The molecule has 7 atom stereocenters. The summed E-state index contributed by atoms with van der Waals surface area (Å²) in [6.07, 6.45) is 7.04. The lowest BCUT2D eigenvalue weighted by Gasteiger charge is -2.41. The van der Waals surface area contributed by atoms with Crippen molar-refractivity contribution >= 4 is 58.4 Å². The molecule has 3 heterocycles. The zero-order chi connectivity index (χ0) is 48.7. The number of nitrogens with one attached hydrogen (secondary N) is 2. The number of likely N-dealkylation sites (N-methyl/N-ethyl adjacent to an activating group) is 1. The number of unbranched alkanes of at least 4 members (excludes halogenated alkanes) is 2. The van der Waals surface area contributed by atoms with Crippen molar-refractivity contribution in [1.29, 1.82) is 0 Å². The molecule has 1 saturated heterocycles. The van der Waals surface area contributed by atoms with Crippen LogP contribution in [-0.2, 0) is 49.5 Å². The first-order valence-corrected chi connectivity index (χ1v) is 24.0. The topological polar surface area (TPSA) is 197 Å². The Morgan fingerprint density at radius 2 is 1.67 bits per heavy atom. The average molecular weight is 934 g/mol. The number of likely N-dealkylation sites (tertiary alicyclic amines) is 1. The summed E-state index contributed by atoms with van der Waals surface area (Å²) in [5.74, 6) is -3.57. The number of amides is 7. The Morgan fingerprint density at radius 1 is 0.985 bits per heavy atom. The summed E-state index contributed by atoms with van der Waals surface area (Å²) < 4.78 is 12.1. The zero-order valence-corrected chi connectivity index (χ0v) is 41.2. The summed E-state index contributed by atoms with van der Waals surface area (Å²) >= 11 is 1.42. The molecule has 0 aliphatic carbocycles. The quantitative estimate of drug-likeness (QED) is 0.0764. The van der Waals surface area contributed by atoms with Crippen molar-refractivity contribution in [2.24, 2.45) is 22.7 Å². The van der Waals surface area contributed by atoms with Gasteiger partial charge < -0.3 is 29.9 Å². The van der Waals surface area contributed by atoms with Gasteiger partial charge >= 0.3 is 0 Å². The van der Waals surface area contributed by atoms with Gasteiger partial charge in [-0.05, 0) is 56.9 Å². The lowest BCUT2D eigenvalue weighted by molar-refractivity contribution is -0.148. The largest absolute Gasteiger partial charge is 0.379 e. The molecule has 0 spiro atoms. The Hall–Kier alpha value is -5.13. The van der Waals surface area contributed by atoms with Crippen LogP contribution in [0.2, 0.25) is 0 Å². The third-order valence-corrected chi connectivity index (χ3v) is 13.6. The van der Waals surface area contributed by atoms with Gasteiger partial charge in [-0.2, -0.15) is 0 Å². The van der Waals surface area contributed by atoms with E-state index in [-0.39, 0.29) is 66.7 Å². The summed E-state index contributed by atoms with van der Waals surface area (Å²) in [6.45, 7) is 13.4. The first-order chi connectivity index (χ1) is 31.3. The van der Waals surface area contributed by atoms with Crippen molar-refractivity contribution in [3.8, 4) is 0 Å². The summed E-state index contributed by atoms with van der Waals surface area (Å²) in [5, 5.41) is 8.20. The highest BCUT2D eigenvalue weighted by Gasteiger charge is 2.43. The number of thiazole rings is 1. The fourth-order valence-electron chi connectivity index (χ4n) is 8.76. The molecule has 1 fully saturated rings. The maximum atomic E-state index is 14.5. The molecule has 17 heteroatoms. The number of carbonyl (C=O) groups is 7. The molecule has 2 N–H and O–H groups in total. The van der Waals surface area contributed by atoms with Crippen molar-refractivity contribution in [1.82, 2.24) is 30.3 Å². The Kier molecular flexibility index (Phi) is 20.4. The van der Waals surface area contributed by atoms with Crippen LogP contribution >= 0.6 is 11.3 Å². The number of carbonyl (C=O) groups excluding carboxylic acids is 7. The van der Waals surface area contributed by atoms with E-state index in [0.29, 0.717) is 55.8 Å². The normalized spacial score (nSPS) is 18.2. The first kappa shape index (κ1) is 53.5. The van der Waals surface area contributed by atoms with Crippen LogP contribution < -0.4 is 10.6 Å². The van der Waals surface area contributed by atoms with E-state index in [0.717, 1.165) is 16.9 Å². The molecule has 2 aromatic rings. The monoisotopic (exact) mass is 934 g/mol. The summed E-state index contributed by atoms with van der Waals surface area (Å²) in [5.41, 5.74) is 0.218. The van der Waals surface area contributed by atoms with Crippen LogP contribution in [0, 0.1) is 17.8 Å². The van der Waals surface area contributed by atoms with Gasteiger partial charge in [-0.25, -0.2) is 9.98 Å². The lowest BCUT2D eigenvalue weighted by Crippen LogP contribution is -2.62. The van der Waals surface area contributed by atoms with Crippen molar-refractivity contribution in [3.63, 3.8) is 0 Å². The molecule has 1 aromatic heterocycles. The molecule has 362 valence electrons. The van der Waals surface area contributed by atoms with Crippen molar-refractivity contribution in [2.45, 2.75) is 142 Å². The van der Waals surface area contributed by atoms with E-state index >= 15 is 0 Å². The number of ether oxygens (including phenoxy) is 2. The van der Waals surface area contributed by atoms with E-state index in [1.807, 2.05) is 63.4 Å². The van der Waals surface area contributed by atoms with Gasteiger partial charge in [-0.1, -0.05) is 77.8 Å². The standard InChI is InChI=1S/C49H71N7O9S/c1-11-32(4)43(54(8)47(62)42(31(2)3)52-48(63)49(6,7)53-38(57)22-16-13-17-26-56-39(58)23-24-40(56)59)37(64-9)30-41(60)55-27-18-21-36(55)44(65-10)33(5)45(61)51-35(46-50-25-28-66-46)29-34-19-14-12-15-20-34/h12,14-15,19-20,23-25,28,31-33,36-37,42-44H,11,13,16-18,21-22,26-27,29-30H2,1-10H3,(H,52,63)(H,53,57)/t32-,33?,36-,37?,42-,43-,44+/m0/s1. The number of aromatic nitrogens is 1. The van der Waals surface area contributed by atoms with E-state index < -0.39 is 47.7 Å². The number of hydrogen-bond donors (Lipinski definition) is 2. The molecule has 4 rings (SSSR count). The predicted molar refractivity (Wildman–Crippen MR) is 253 cm³/mol. The lowest BCUT2D eigenvalue weighted by atomic mass is 9.89. The van der Waals surface area contributed by atoms with E-state index in [1.165, 1.54) is 30.6 Å². The van der Waals surface area contributed by atoms with Crippen LogP contribution in [0.25, 0.3) is 0 Å². The second-order valence-corrected chi connectivity index (χ2v) is 19.2. The number of nitrogens with zero attached hydrogens (tertiary/aromatic N) is 5. The molecule has 66 heavy (non-hydrogen) atoms. The fourth-order valence-corrected chi connectivity index (χ4v) is 9.38. The first-order valence-electron chi connectivity index (χ1n) is 23.2. The minimum Gasteiger partial charge on any atom is -0.379 e. The molecule has 2 unspecified atom stereocenters. The van der Waals surface area contributed by atoms with Crippen molar-refractivity contribution in [3.05, 3.63) is 64.6 Å². The van der Waals surface area contributed by atoms with Crippen molar-refractivity contribution < 1.29 is 43.0 Å². The second kappa shape index (κ2) is 25.1. The van der Waals surface area contributed by atoms with Gasteiger partial charge in [-0.15, -0.1) is 11.3 Å². The number of rotatable bonds is 25. The van der Waals surface area contributed by atoms with Crippen LogP contribution in [0.3, 0.4) is 0 Å². The number of hydrogen-bond acceptors (Lipinski definition) is 11. The maximum Gasteiger partial charge on any atom is 0.253 e. The highest BCUT2D eigenvalue weighted by molar-refractivity contribution is 7.11. The van der Waals surface area contributed by atoms with E-state index in [2.05, 4.69) is 20.6 Å². The average Bonchev–Trinajstić information content (AvgIpc) is 4.07. The third kappa shape index (κ3) is 14.2. The van der Waals surface area contributed by atoms with Crippen LogP contribution in [-0.4, -0.2) is 137 Å². The minimum atomic E-state index is -1.35. The molecular weight excluding hydrogens is 863 g/mol. The van der Waals surface area contributed by atoms with Crippen LogP contribution in [0.4, 0.5) is 0 Å². The van der Waals surface area contributed by atoms with Crippen LogP contribution in [0.1, 0.15) is 110 Å². The number of imide groups is 1. The molecule has 16 nitrogen and oxygen atoms in total. The van der Waals surface area contributed by atoms with Gasteiger partial charge in [0.2, 0.25) is 23.6 Å². The highest BCUT2D eigenvalue weighted by Crippen LogP contribution is 2.30. The summed E-state index contributed by atoms with van der Waals surface area (Å²) in [7, 11) is 4.75. The van der Waals surface area contributed by atoms with Gasteiger partial charge in [0.1, 0.15) is 16.6 Å². The summed E-state index contributed by atoms with van der Waals surface area (Å²) in [6, 6.07) is 7.87. The molecule has 2 aliphatic heterocycles. The SMILES string of the molecule is CC[C@H](C)[C@@H](C(CC(=O)N1CCC[C@H]1[C@H](OC)C(C)C(=O)N=C(Cc1ccccc1)c1nccs1)OC)N(C)C(=O)[C@@H](NC(=O)C(C)(C)NC(=O)CCCCCN1C(=O)C=CC1=O)C(C)C. The summed E-state index contributed by atoms with van der Waals surface area (Å²) in [4.78, 5) is 107. The fraction of sp³-hybridized carbons (Fsp3) is 0.612. The van der Waals surface area contributed by atoms with Gasteiger partial charge in [0, 0.05) is 70.9 Å². The highest BCUT2D eigenvalue weighted by atomic mass is 32.1. The smallest absolute Gasteiger partial charge is 0.253 e. The number of aliphatic imine (C=N–C) groups is 1. The second-order valence-electron chi connectivity index (χ2n) is 18.3. The van der Waals surface area contributed by atoms with Gasteiger partial charge in [-0.3, -0.25) is 38.5 Å². The van der Waals surface area contributed by atoms with E-state index in [9.17, 15) is 33.6 Å². The van der Waals surface area contributed by atoms with Gasteiger partial charge in [0.05, 0.1) is 42.3 Å². The van der Waals surface area contributed by atoms with Crippen LogP contribution in [0.5, 0.6) is 0 Å². The van der Waals surface area contributed by atoms with Gasteiger partial charge in [0.15, 0.2) is 0 Å². The zero-order valence-electron chi connectivity index (χ0n) is 40.4. The van der Waals surface area contributed by atoms with E-state index in [4.69, 9.17) is 9.47 Å². The Balaban J connectivity index is 1.41. The Labute approximate surface area is 394 Å². The molecule has 0 bridgehead atoms. The molecule has 7 amide bonds. The van der Waals surface area contributed by atoms with Crippen LogP contribution in [0.15, 0.2) is 59.1 Å². The van der Waals surface area contributed by atoms with Crippen molar-refractivity contribution in [2.75, 3.05) is 34.4 Å². The molecule has 1 aromatic carbocycles. The Bertz CT molecular complexity index is 2020. The predicted octanol–water partition coefficient (Wildman–Crippen LogP) is 5.14. The third-order valence-electron chi connectivity index (χ3n) is 12.8. The molecule has 0 saturated carbocycles. The number of methoxy groups -OCH3 is 2. The van der Waals surface area contributed by atoms with Gasteiger partial charge in [0.25, 0.3) is 17.7 Å². The maximum absolute atomic E-state index is 14.5. The van der Waals surface area contributed by atoms with E-state index in [1.54, 1.807) is 50.9 Å². The number of benzene rings is 1. The minimum absolute atomic E-state index is 0.0364. The molecule has 2 aliphatic rings.